The van der Waals surface area contributed by atoms with Gasteiger partial charge in [0.25, 0.3) is 0 Å². The predicted molar refractivity (Wildman–Crippen MR) is 108 cm³/mol. The smallest absolute Gasteiger partial charge is 0.167 e. The summed E-state index contributed by atoms with van der Waals surface area (Å²) in [6.07, 6.45) is 1.90. The molecule has 0 unspecified atom stereocenters. The lowest BCUT2D eigenvalue weighted by molar-refractivity contribution is 0.0808. The van der Waals surface area contributed by atoms with Crippen LogP contribution in [0, 0.1) is 0 Å². The van der Waals surface area contributed by atoms with Crippen molar-refractivity contribution in [2.24, 2.45) is 0 Å². The monoisotopic (exact) mass is 360 g/mol. The van der Waals surface area contributed by atoms with Gasteiger partial charge in [0.15, 0.2) is 5.60 Å². The molecule has 0 N–H and O–H groups in total. The Morgan fingerprint density at radius 3 is 1.85 bits per heavy atom. The van der Waals surface area contributed by atoms with Gasteiger partial charge in [-0.3, -0.25) is 0 Å². The van der Waals surface area contributed by atoms with Crippen molar-refractivity contribution in [3.05, 3.63) is 108 Å². The van der Waals surface area contributed by atoms with Gasteiger partial charge in [-0.25, -0.2) is 0 Å². The fraction of sp³-hybridized carbons (Fsp3) is 0.130. The largest absolute Gasteiger partial charge is 0.497 e. The minimum Gasteiger partial charge on any atom is -0.497 e. The molecule has 1 aliphatic heterocycles. The highest BCUT2D eigenvalue weighted by molar-refractivity contribution is 8.08. The Morgan fingerprint density at radius 1 is 0.808 bits per heavy atom. The molecule has 0 saturated heterocycles. The summed E-state index contributed by atoms with van der Waals surface area (Å²) in [5.41, 5.74) is 3.02. The van der Waals surface area contributed by atoms with Crippen LogP contribution in [0.1, 0.15) is 16.7 Å². The van der Waals surface area contributed by atoms with Crippen LogP contribution in [0.15, 0.2) is 91.2 Å². The predicted octanol–water partition coefficient (Wildman–Crippen LogP) is 5.70. The maximum atomic E-state index is 6.45. The van der Waals surface area contributed by atoms with E-state index in [4.69, 9.17) is 9.47 Å². The third-order valence-electron chi connectivity index (χ3n) is 4.65. The maximum Gasteiger partial charge on any atom is 0.167 e. The molecule has 0 radical (unpaired) electrons. The minimum absolute atomic E-state index is 0.469. The van der Waals surface area contributed by atoms with Crippen molar-refractivity contribution in [2.75, 3.05) is 12.9 Å². The molecule has 1 heterocycles. The van der Waals surface area contributed by atoms with Gasteiger partial charge in [-0.1, -0.05) is 72.8 Å². The highest BCUT2D eigenvalue weighted by Crippen LogP contribution is 2.45. The molecule has 0 bridgehead atoms. The number of rotatable bonds is 4. The van der Waals surface area contributed by atoms with Gasteiger partial charge in [0, 0.05) is 21.8 Å². The topological polar surface area (TPSA) is 18.5 Å². The van der Waals surface area contributed by atoms with Crippen LogP contribution in [0.25, 0.3) is 4.91 Å². The number of ether oxygens (including phenoxy) is 2. The second kappa shape index (κ2) is 7.30. The zero-order valence-electron chi connectivity index (χ0n) is 14.6. The molecule has 0 fully saturated rings. The Labute approximate surface area is 158 Å². The van der Waals surface area contributed by atoms with Crippen LogP contribution in [-0.4, -0.2) is 12.9 Å². The molecule has 0 saturated carbocycles. The Bertz CT molecular complexity index is 847. The van der Waals surface area contributed by atoms with Gasteiger partial charge < -0.3 is 9.47 Å². The molecular formula is C23H20O2S. The van der Waals surface area contributed by atoms with Crippen molar-refractivity contribution in [2.45, 2.75) is 5.60 Å². The summed E-state index contributed by atoms with van der Waals surface area (Å²) in [6, 6.07) is 29.0. The standard InChI is InChI=1S/C23H20O2S/c1-24-21-14-12-18(13-15-21)22-16-25-23(17-26-22,19-8-4-2-5-9-19)20-10-6-3-7-11-20/h2-16H,17H2,1H3. The molecule has 26 heavy (non-hydrogen) atoms. The summed E-state index contributed by atoms with van der Waals surface area (Å²) in [5.74, 6) is 1.68. The summed E-state index contributed by atoms with van der Waals surface area (Å²) in [5, 5.41) is 0. The van der Waals surface area contributed by atoms with E-state index in [1.165, 1.54) is 11.1 Å². The molecule has 4 rings (SSSR count). The Hall–Kier alpha value is -2.65. The summed E-state index contributed by atoms with van der Waals surface area (Å²) >= 11 is 1.82. The van der Waals surface area contributed by atoms with Crippen molar-refractivity contribution in [1.82, 2.24) is 0 Å². The van der Waals surface area contributed by atoms with Crippen LogP contribution in [0.2, 0.25) is 0 Å². The van der Waals surface area contributed by atoms with E-state index < -0.39 is 5.60 Å². The van der Waals surface area contributed by atoms with Crippen LogP contribution >= 0.6 is 11.8 Å². The van der Waals surface area contributed by atoms with Crippen molar-refractivity contribution in [3.63, 3.8) is 0 Å². The third kappa shape index (κ3) is 3.11. The van der Waals surface area contributed by atoms with Gasteiger partial charge in [0.2, 0.25) is 0 Å². The second-order valence-corrected chi connectivity index (χ2v) is 7.19. The van der Waals surface area contributed by atoms with Crippen molar-refractivity contribution >= 4 is 16.7 Å². The van der Waals surface area contributed by atoms with Crippen LogP contribution in [-0.2, 0) is 10.3 Å². The Morgan fingerprint density at radius 2 is 1.38 bits per heavy atom. The van der Waals surface area contributed by atoms with Gasteiger partial charge >= 0.3 is 0 Å². The third-order valence-corrected chi connectivity index (χ3v) is 5.85. The molecule has 0 aliphatic carbocycles. The fourth-order valence-electron chi connectivity index (χ4n) is 3.19. The van der Waals surface area contributed by atoms with Crippen LogP contribution < -0.4 is 4.74 Å². The van der Waals surface area contributed by atoms with Crippen molar-refractivity contribution in [3.8, 4) is 5.75 Å². The van der Waals surface area contributed by atoms with E-state index in [0.717, 1.165) is 22.0 Å². The number of thioether (sulfide) groups is 1. The molecule has 0 aromatic heterocycles. The Balaban J connectivity index is 1.71. The molecule has 0 atom stereocenters. The molecule has 0 spiro atoms. The molecule has 3 aromatic carbocycles. The van der Waals surface area contributed by atoms with E-state index in [1.807, 2.05) is 42.3 Å². The number of methoxy groups -OCH3 is 1. The molecule has 2 nitrogen and oxygen atoms in total. The number of benzene rings is 3. The average molecular weight is 360 g/mol. The first-order valence-corrected chi connectivity index (χ1v) is 9.57. The van der Waals surface area contributed by atoms with Gasteiger partial charge in [-0.2, -0.15) is 0 Å². The average Bonchev–Trinajstić information content (AvgIpc) is 2.75. The first-order valence-electron chi connectivity index (χ1n) is 8.58. The molecule has 130 valence electrons. The number of hydrogen-bond donors (Lipinski definition) is 0. The lowest BCUT2D eigenvalue weighted by Crippen LogP contribution is -2.34. The summed E-state index contributed by atoms with van der Waals surface area (Å²) < 4.78 is 11.7. The van der Waals surface area contributed by atoms with Gasteiger partial charge in [0.05, 0.1) is 13.4 Å². The van der Waals surface area contributed by atoms with E-state index in [-0.39, 0.29) is 0 Å². The van der Waals surface area contributed by atoms with Gasteiger partial charge in [-0.05, 0) is 17.7 Å². The minimum atomic E-state index is -0.469. The SMILES string of the molecule is COc1ccc(C2=COC(c3ccccc3)(c3ccccc3)CS2)cc1. The summed E-state index contributed by atoms with van der Waals surface area (Å²) in [6.45, 7) is 0. The van der Waals surface area contributed by atoms with Gasteiger partial charge in [-0.15, -0.1) is 11.8 Å². The van der Waals surface area contributed by atoms with E-state index in [0.29, 0.717) is 0 Å². The van der Waals surface area contributed by atoms with E-state index >= 15 is 0 Å². The maximum absolute atomic E-state index is 6.45. The van der Waals surface area contributed by atoms with Gasteiger partial charge in [0.1, 0.15) is 5.75 Å². The van der Waals surface area contributed by atoms with E-state index in [9.17, 15) is 0 Å². The fourth-order valence-corrected chi connectivity index (χ4v) is 4.37. The molecule has 1 aliphatic rings. The number of hydrogen-bond acceptors (Lipinski definition) is 3. The quantitative estimate of drug-likeness (QED) is 0.594. The zero-order valence-corrected chi connectivity index (χ0v) is 15.4. The first kappa shape index (κ1) is 16.8. The van der Waals surface area contributed by atoms with Crippen LogP contribution in [0.5, 0.6) is 5.75 Å². The van der Waals surface area contributed by atoms with E-state index in [1.54, 1.807) is 7.11 Å². The van der Waals surface area contributed by atoms with Crippen molar-refractivity contribution in [1.29, 1.82) is 0 Å². The lowest BCUT2D eigenvalue weighted by Gasteiger charge is -2.37. The first-order chi connectivity index (χ1) is 12.8. The second-order valence-electron chi connectivity index (χ2n) is 6.18. The molecular weight excluding hydrogens is 340 g/mol. The Kier molecular flexibility index (Phi) is 4.72. The van der Waals surface area contributed by atoms with Crippen molar-refractivity contribution < 1.29 is 9.47 Å². The lowest BCUT2D eigenvalue weighted by atomic mass is 9.87. The van der Waals surface area contributed by atoms with Crippen LogP contribution in [0.3, 0.4) is 0 Å². The highest BCUT2D eigenvalue weighted by Gasteiger charge is 2.38. The summed E-state index contributed by atoms with van der Waals surface area (Å²) in [7, 11) is 1.68. The van der Waals surface area contributed by atoms with Crippen LogP contribution in [0.4, 0.5) is 0 Å². The van der Waals surface area contributed by atoms with E-state index in [2.05, 4.69) is 60.7 Å². The summed E-state index contributed by atoms with van der Waals surface area (Å²) in [4.78, 5) is 1.13. The molecule has 3 heteroatoms. The highest BCUT2D eigenvalue weighted by atomic mass is 32.2. The zero-order chi connectivity index (χ0) is 17.8. The molecule has 3 aromatic rings. The normalized spacial score (nSPS) is 15.7. The molecule has 0 amide bonds.